The number of hydrogen-bond acceptors (Lipinski definition) is 6. The quantitative estimate of drug-likeness (QED) is 0.404. The fourth-order valence-electron chi connectivity index (χ4n) is 4.81. The molecule has 5 heterocycles. The molecule has 1 atom stereocenters. The van der Waals surface area contributed by atoms with Crippen LogP contribution in [0.2, 0.25) is 0 Å². The second-order valence-corrected chi connectivity index (χ2v) is 8.62. The maximum absolute atomic E-state index is 5.35. The van der Waals surface area contributed by atoms with Gasteiger partial charge >= 0.3 is 0 Å². The minimum absolute atomic E-state index is 0.432. The van der Waals surface area contributed by atoms with Gasteiger partial charge < -0.3 is 24.3 Å². The van der Waals surface area contributed by atoms with E-state index in [1.165, 1.54) is 12.8 Å². The molecule has 0 spiro atoms. The van der Waals surface area contributed by atoms with Gasteiger partial charge in [-0.1, -0.05) is 6.07 Å². The maximum Gasteiger partial charge on any atom is 0.216 e. The summed E-state index contributed by atoms with van der Waals surface area (Å²) >= 11 is 0. The monoisotopic (exact) mass is 454 g/mol. The van der Waals surface area contributed by atoms with E-state index in [-0.39, 0.29) is 0 Å². The van der Waals surface area contributed by atoms with Crippen LogP contribution in [0.3, 0.4) is 0 Å². The van der Waals surface area contributed by atoms with Gasteiger partial charge in [-0.25, -0.2) is 9.97 Å². The number of piperidine rings is 1. The van der Waals surface area contributed by atoms with Crippen LogP contribution in [-0.2, 0) is 0 Å². The number of rotatable bonds is 5. The van der Waals surface area contributed by atoms with Crippen molar-refractivity contribution in [1.29, 1.82) is 0 Å². The molecule has 1 aromatic carbocycles. The summed E-state index contributed by atoms with van der Waals surface area (Å²) in [6.07, 6.45) is 8.21. The Morgan fingerprint density at radius 1 is 0.971 bits per heavy atom. The SMILES string of the molecule is COc1cc(-c2cnc3[nH]cc(-c4ccc5ncn(C6CCCNC6)c5c4)c3c2)cc(OC)n1. The summed E-state index contributed by atoms with van der Waals surface area (Å²) in [4.78, 5) is 17.0. The van der Waals surface area contributed by atoms with E-state index < -0.39 is 0 Å². The average molecular weight is 455 g/mol. The van der Waals surface area contributed by atoms with Gasteiger partial charge in [-0.2, -0.15) is 4.98 Å². The molecule has 1 fully saturated rings. The molecule has 8 heteroatoms. The van der Waals surface area contributed by atoms with Gasteiger partial charge in [0.2, 0.25) is 11.8 Å². The molecule has 172 valence electrons. The summed E-state index contributed by atoms with van der Waals surface area (Å²) in [7, 11) is 3.20. The van der Waals surface area contributed by atoms with E-state index in [1.807, 2.05) is 30.9 Å². The molecule has 1 aliphatic rings. The second-order valence-electron chi connectivity index (χ2n) is 8.62. The third-order valence-electron chi connectivity index (χ3n) is 6.61. The zero-order chi connectivity index (χ0) is 23.1. The lowest BCUT2D eigenvalue weighted by Gasteiger charge is -2.24. The van der Waals surface area contributed by atoms with Crippen molar-refractivity contribution in [1.82, 2.24) is 29.8 Å². The predicted molar refractivity (Wildman–Crippen MR) is 132 cm³/mol. The summed E-state index contributed by atoms with van der Waals surface area (Å²) in [5.74, 6) is 0.999. The standard InChI is InChI=1S/C26H26N6O2/c1-33-24-10-17(11-25(31-24)34-2)18-8-20-21(14-29-26(20)28-12-18)16-5-6-22-23(9-16)32(15-30-22)19-4-3-7-27-13-19/h5-6,8-12,14-15,19,27H,3-4,7,13H2,1-2H3,(H,28,29). The number of aromatic amines is 1. The molecule has 0 saturated carbocycles. The third-order valence-corrected chi connectivity index (χ3v) is 6.61. The van der Waals surface area contributed by atoms with Gasteiger partial charge in [0, 0.05) is 53.6 Å². The molecule has 0 amide bonds. The Morgan fingerprint density at radius 2 is 1.82 bits per heavy atom. The fraction of sp³-hybridized carbons (Fsp3) is 0.269. The van der Waals surface area contributed by atoms with Gasteiger partial charge in [0.15, 0.2) is 0 Å². The Balaban J connectivity index is 1.44. The molecular formula is C26H26N6O2. The van der Waals surface area contributed by atoms with Crippen molar-refractivity contribution in [2.75, 3.05) is 27.3 Å². The number of aromatic nitrogens is 5. The van der Waals surface area contributed by atoms with E-state index in [0.717, 1.165) is 57.4 Å². The molecule has 4 aromatic heterocycles. The lowest BCUT2D eigenvalue weighted by Crippen LogP contribution is -2.31. The van der Waals surface area contributed by atoms with Gasteiger partial charge in [0.25, 0.3) is 0 Å². The van der Waals surface area contributed by atoms with Crippen LogP contribution < -0.4 is 14.8 Å². The summed E-state index contributed by atoms with van der Waals surface area (Å²) < 4.78 is 13.0. The number of nitrogens with zero attached hydrogens (tertiary/aromatic N) is 4. The smallest absolute Gasteiger partial charge is 0.216 e. The van der Waals surface area contributed by atoms with Crippen LogP contribution >= 0.6 is 0 Å². The molecule has 2 N–H and O–H groups in total. The van der Waals surface area contributed by atoms with Crippen LogP contribution in [0, 0.1) is 0 Å². The van der Waals surface area contributed by atoms with Gasteiger partial charge in [-0.3, -0.25) is 0 Å². The third kappa shape index (κ3) is 3.56. The largest absolute Gasteiger partial charge is 0.481 e. The van der Waals surface area contributed by atoms with Crippen molar-refractivity contribution < 1.29 is 9.47 Å². The van der Waals surface area contributed by atoms with E-state index in [0.29, 0.717) is 17.8 Å². The van der Waals surface area contributed by atoms with Crippen molar-refractivity contribution in [3.63, 3.8) is 0 Å². The number of nitrogens with one attached hydrogen (secondary N) is 2. The average Bonchev–Trinajstić information content (AvgIpc) is 3.52. The van der Waals surface area contributed by atoms with Crippen molar-refractivity contribution in [3.05, 3.63) is 55.1 Å². The van der Waals surface area contributed by atoms with E-state index in [2.05, 4.69) is 54.1 Å². The van der Waals surface area contributed by atoms with Crippen molar-refractivity contribution in [2.24, 2.45) is 0 Å². The molecule has 1 aliphatic heterocycles. The van der Waals surface area contributed by atoms with Gasteiger partial charge in [0.05, 0.1) is 31.6 Å². The van der Waals surface area contributed by atoms with Crippen LogP contribution in [0.1, 0.15) is 18.9 Å². The molecule has 0 bridgehead atoms. The summed E-state index contributed by atoms with van der Waals surface area (Å²) in [5.41, 5.74) is 7.16. The molecule has 0 aliphatic carbocycles. The zero-order valence-electron chi connectivity index (χ0n) is 19.2. The lowest BCUT2D eigenvalue weighted by atomic mass is 10.0. The highest BCUT2D eigenvalue weighted by Gasteiger charge is 2.18. The molecule has 5 aromatic rings. The Labute approximate surface area is 197 Å². The first-order chi connectivity index (χ1) is 16.7. The van der Waals surface area contributed by atoms with Gasteiger partial charge in [-0.15, -0.1) is 0 Å². The Hall–Kier alpha value is -3.91. The number of ether oxygens (including phenoxy) is 2. The molecule has 0 radical (unpaired) electrons. The van der Waals surface area contributed by atoms with Crippen LogP contribution in [0.5, 0.6) is 11.8 Å². The summed E-state index contributed by atoms with van der Waals surface area (Å²) in [6, 6.07) is 12.8. The highest BCUT2D eigenvalue weighted by atomic mass is 16.5. The van der Waals surface area contributed by atoms with Crippen LogP contribution in [0.25, 0.3) is 44.3 Å². The first-order valence-corrected chi connectivity index (χ1v) is 11.5. The normalized spacial score (nSPS) is 16.2. The van der Waals surface area contributed by atoms with Gasteiger partial charge in [0.1, 0.15) is 5.65 Å². The molecule has 8 nitrogen and oxygen atoms in total. The number of methoxy groups -OCH3 is 2. The Morgan fingerprint density at radius 3 is 2.59 bits per heavy atom. The van der Waals surface area contributed by atoms with Crippen molar-refractivity contribution in [3.8, 4) is 34.0 Å². The number of benzene rings is 1. The first kappa shape index (κ1) is 20.7. The van der Waals surface area contributed by atoms with Crippen LogP contribution in [0.15, 0.2) is 55.1 Å². The van der Waals surface area contributed by atoms with Crippen molar-refractivity contribution >= 4 is 22.1 Å². The van der Waals surface area contributed by atoms with Crippen LogP contribution in [0.4, 0.5) is 0 Å². The molecule has 34 heavy (non-hydrogen) atoms. The fourth-order valence-corrected chi connectivity index (χ4v) is 4.81. The predicted octanol–water partition coefficient (Wildman–Crippen LogP) is 4.58. The molecule has 1 saturated heterocycles. The number of hydrogen-bond donors (Lipinski definition) is 2. The second kappa shape index (κ2) is 8.46. The number of imidazole rings is 1. The molecule has 6 rings (SSSR count). The lowest BCUT2D eigenvalue weighted by molar-refractivity contribution is 0.365. The topological polar surface area (TPSA) is 89.9 Å². The molecular weight excluding hydrogens is 428 g/mol. The number of pyridine rings is 2. The number of H-pyrrole nitrogens is 1. The van der Waals surface area contributed by atoms with Crippen LogP contribution in [-0.4, -0.2) is 51.8 Å². The molecule has 1 unspecified atom stereocenters. The first-order valence-electron chi connectivity index (χ1n) is 11.5. The summed E-state index contributed by atoms with van der Waals surface area (Å²) in [5, 5.41) is 4.56. The summed E-state index contributed by atoms with van der Waals surface area (Å²) in [6.45, 7) is 2.07. The highest BCUT2D eigenvalue weighted by molar-refractivity contribution is 5.97. The van der Waals surface area contributed by atoms with E-state index in [1.54, 1.807) is 14.2 Å². The van der Waals surface area contributed by atoms with Crippen molar-refractivity contribution in [2.45, 2.75) is 18.9 Å². The minimum atomic E-state index is 0.432. The zero-order valence-corrected chi connectivity index (χ0v) is 19.2. The highest BCUT2D eigenvalue weighted by Crippen LogP contribution is 2.34. The van der Waals surface area contributed by atoms with E-state index in [9.17, 15) is 0 Å². The Bertz CT molecular complexity index is 1460. The Kier molecular flexibility index (Phi) is 5.15. The number of fused-ring (bicyclic) bond motifs is 2. The van der Waals surface area contributed by atoms with Gasteiger partial charge in [-0.05, 0) is 48.7 Å². The minimum Gasteiger partial charge on any atom is -0.481 e. The van der Waals surface area contributed by atoms with E-state index >= 15 is 0 Å². The van der Waals surface area contributed by atoms with E-state index in [4.69, 9.17) is 9.47 Å². The maximum atomic E-state index is 5.35.